The fraction of sp³-hybridized carbons (Fsp3) is 0.261. The first kappa shape index (κ1) is 20.8. The maximum atomic E-state index is 13.7. The lowest BCUT2D eigenvalue weighted by molar-refractivity contribution is 0.0746. The number of hydrogen-bond donors (Lipinski definition) is 0. The molecule has 0 aliphatic carbocycles. The number of rotatable bonds is 5. The zero-order chi connectivity index (χ0) is 22.8. The molecule has 0 atom stereocenters. The number of hydrogen-bond acceptors (Lipinski definition) is 7. The van der Waals surface area contributed by atoms with Gasteiger partial charge in [-0.3, -0.25) is 4.79 Å². The van der Waals surface area contributed by atoms with Crippen molar-refractivity contribution in [2.75, 3.05) is 37.7 Å². The maximum Gasteiger partial charge on any atom is 0.253 e. The zero-order valence-corrected chi connectivity index (χ0v) is 18.1. The number of piperazine rings is 1. The first-order chi connectivity index (χ1) is 16.1. The standard InChI is InChI=1S/C23H22FN7O2/c1-2-33-19-8-6-16(7-9-19)23(32)30-12-10-29(11-13-30)21-20-22(26-15-25-21)31(28-27-20)18-5-3-4-17(24)14-18/h3-9,14-15H,2,10-13H2,1H3. The number of halogens is 1. The van der Waals surface area contributed by atoms with Gasteiger partial charge in [-0.25, -0.2) is 14.4 Å². The van der Waals surface area contributed by atoms with Crippen LogP contribution in [0.5, 0.6) is 5.75 Å². The van der Waals surface area contributed by atoms with E-state index in [9.17, 15) is 9.18 Å². The molecule has 1 amide bonds. The summed E-state index contributed by atoms with van der Waals surface area (Å²) in [5.41, 5.74) is 2.20. The summed E-state index contributed by atoms with van der Waals surface area (Å²) in [6, 6.07) is 13.3. The molecule has 0 spiro atoms. The molecule has 1 aliphatic heterocycles. The van der Waals surface area contributed by atoms with Gasteiger partial charge in [0.1, 0.15) is 17.9 Å². The van der Waals surface area contributed by atoms with Crippen LogP contribution in [0.4, 0.5) is 10.2 Å². The van der Waals surface area contributed by atoms with Crippen molar-refractivity contribution in [1.29, 1.82) is 0 Å². The fourth-order valence-electron chi connectivity index (χ4n) is 3.91. The van der Waals surface area contributed by atoms with Gasteiger partial charge in [-0.2, -0.15) is 4.68 Å². The number of ether oxygens (including phenoxy) is 1. The smallest absolute Gasteiger partial charge is 0.253 e. The van der Waals surface area contributed by atoms with E-state index in [0.717, 1.165) is 5.75 Å². The van der Waals surface area contributed by atoms with E-state index in [1.54, 1.807) is 24.3 Å². The summed E-state index contributed by atoms with van der Waals surface area (Å²) in [6.45, 7) is 4.81. The quantitative estimate of drug-likeness (QED) is 0.465. The average molecular weight is 447 g/mol. The van der Waals surface area contributed by atoms with Gasteiger partial charge in [0.25, 0.3) is 5.91 Å². The Morgan fingerprint density at radius 2 is 1.85 bits per heavy atom. The summed E-state index contributed by atoms with van der Waals surface area (Å²) in [7, 11) is 0. The molecule has 9 nitrogen and oxygen atoms in total. The van der Waals surface area contributed by atoms with Crippen molar-refractivity contribution in [2.45, 2.75) is 6.92 Å². The zero-order valence-electron chi connectivity index (χ0n) is 18.1. The monoisotopic (exact) mass is 447 g/mol. The highest BCUT2D eigenvalue weighted by molar-refractivity contribution is 5.94. The SMILES string of the molecule is CCOc1ccc(C(=O)N2CCN(c3ncnc4c3nnn4-c3cccc(F)c3)CC2)cc1. The number of aromatic nitrogens is 5. The van der Waals surface area contributed by atoms with Crippen LogP contribution in [0.3, 0.4) is 0 Å². The van der Waals surface area contributed by atoms with Gasteiger partial charge in [0.15, 0.2) is 17.0 Å². The Morgan fingerprint density at radius 1 is 1.06 bits per heavy atom. The second kappa shape index (κ2) is 8.81. The normalized spacial score (nSPS) is 14.0. The van der Waals surface area contributed by atoms with Gasteiger partial charge in [-0.05, 0) is 49.4 Å². The predicted molar refractivity (Wildman–Crippen MR) is 120 cm³/mol. The van der Waals surface area contributed by atoms with E-state index in [4.69, 9.17) is 4.74 Å². The van der Waals surface area contributed by atoms with E-state index in [0.29, 0.717) is 61.0 Å². The van der Waals surface area contributed by atoms with Gasteiger partial charge in [0, 0.05) is 31.7 Å². The molecule has 1 aliphatic rings. The number of fused-ring (bicyclic) bond motifs is 1. The molecule has 0 N–H and O–H groups in total. The Morgan fingerprint density at radius 3 is 2.58 bits per heavy atom. The lowest BCUT2D eigenvalue weighted by Crippen LogP contribution is -2.49. The maximum absolute atomic E-state index is 13.7. The Bertz CT molecular complexity index is 1280. The van der Waals surface area contributed by atoms with Crippen molar-refractivity contribution in [2.24, 2.45) is 0 Å². The van der Waals surface area contributed by atoms with Gasteiger partial charge in [0.05, 0.1) is 12.3 Å². The van der Waals surface area contributed by atoms with Crippen molar-refractivity contribution in [3.8, 4) is 11.4 Å². The van der Waals surface area contributed by atoms with Crippen molar-refractivity contribution < 1.29 is 13.9 Å². The van der Waals surface area contributed by atoms with Gasteiger partial charge in [-0.1, -0.05) is 11.3 Å². The van der Waals surface area contributed by atoms with E-state index in [1.807, 2.05) is 24.0 Å². The van der Waals surface area contributed by atoms with Crippen LogP contribution in [-0.2, 0) is 0 Å². The Balaban J connectivity index is 1.32. The number of carbonyl (C=O) groups excluding carboxylic acids is 1. The third-order valence-electron chi connectivity index (χ3n) is 5.55. The number of amides is 1. The van der Waals surface area contributed by atoms with Crippen molar-refractivity contribution in [3.63, 3.8) is 0 Å². The third-order valence-corrected chi connectivity index (χ3v) is 5.55. The van der Waals surface area contributed by atoms with Gasteiger partial charge in [-0.15, -0.1) is 5.10 Å². The second-order valence-corrected chi connectivity index (χ2v) is 7.59. The molecule has 5 rings (SSSR count). The molecule has 0 unspecified atom stereocenters. The highest BCUT2D eigenvalue weighted by atomic mass is 19.1. The summed E-state index contributed by atoms with van der Waals surface area (Å²) < 4.78 is 20.6. The highest BCUT2D eigenvalue weighted by Gasteiger charge is 2.25. The van der Waals surface area contributed by atoms with Crippen LogP contribution in [0.25, 0.3) is 16.9 Å². The molecule has 10 heteroatoms. The van der Waals surface area contributed by atoms with Crippen LogP contribution >= 0.6 is 0 Å². The Hall–Kier alpha value is -4.08. The van der Waals surface area contributed by atoms with Crippen LogP contribution in [-0.4, -0.2) is 68.6 Å². The average Bonchev–Trinajstić information content (AvgIpc) is 3.29. The largest absolute Gasteiger partial charge is 0.494 e. The van der Waals surface area contributed by atoms with Crippen LogP contribution in [0, 0.1) is 5.82 Å². The summed E-state index contributed by atoms with van der Waals surface area (Å²) >= 11 is 0. The fourth-order valence-corrected chi connectivity index (χ4v) is 3.91. The number of anilines is 1. The Labute approximate surface area is 189 Å². The van der Waals surface area contributed by atoms with E-state index in [2.05, 4.69) is 25.2 Å². The molecule has 2 aromatic heterocycles. The van der Waals surface area contributed by atoms with Crippen molar-refractivity contribution >= 4 is 22.9 Å². The van der Waals surface area contributed by atoms with Crippen molar-refractivity contribution in [1.82, 2.24) is 29.9 Å². The lowest BCUT2D eigenvalue weighted by atomic mass is 10.1. The summed E-state index contributed by atoms with van der Waals surface area (Å²) in [5, 5.41) is 8.42. The number of nitrogens with zero attached hydrogens (tertiary/aromatic N) is 7. The molecule has 3 heterocycles. The Kier molecular flexibility index (Phi) is 5.55. The molecule has 1 saturated heterocycles. The molecule has 0 bridgehead atoms. The van der Waals surface area contributed by atoms with Gasteiger partial charge < -0.3 is 14.5 Å². The third kappa shape index (κ3) is 4.07. The lowest BCUT2D eigenvalue weighted by Gasteiger charge is -2.35. The summed E-state index contributed by atoms with van der Waals surface area (Å²) in [5.74, 6) is 1.02. The number of carbonyl (C=O) groups is 1. The highest BCUT2D eigenvalue weighted by Crippen LogP contribution is 2.24. The van der Waals surface area contributed by atoms with E-state index in [-0.39, 0.29) is 11.7 Å². The first-order valence-electron chi connectivity index (χ1n) is 10.7. The number of benzene rings is 2. The van der Waals surface area contributed by atoms with E-state index < -0.39 is 0 Å². The van der Waals surface area contributed by atoms with Crippen LogP contribution in [0.15, 0.2) is 54.9 Å². The molecule has 0 saturated carbocycles. The van der Waals surface area contributed by atoms with Crippen LogP contribution < -0.4 is 9.64 Å². The van der Waals surface area contributed by atoms with Crippen molar-refractivity contribution in [3.05, 3.63) is 66.2 Å². The molecule has 4 aromatic rings. The second-order valence-electron chi connectivity index (χ2n) is 7.59. The molecule has 1 fully saturated rings. The predicted octanol–water partition coefficient (Wildman–Crippen LogP) is 2.71. The molecule has 33 heavy (non-hydrogen) atoms. The molecule has 2 aromatic carbocycles. The van der Waals surface area contributed by atoms with E-state index in [1.165, 1.54) is 23.1 Å². The minimum Gasteiger partial charge on any atom is -0.494 e. The van der Waals surface area contributed by atoms with Gasteiger partial charge in [0.2, 0.25) is 0 Å². The minimum absolute atomic E-state index is 0.0115. The first-order valence-corrected chi connectivity index (χ1v) is 10.7. The van der Waals surface area contributed by atoms with E-state index >= 15 is 0 Å². The van der Waals surface area contributed by atoms with Crippen LogP contribution in [0.2, 0.25) is 0 Å². The molecular weight excluding hydrogens is 425 g/mol. The van der Waals surface area contributed by atoms with Crippen LogP contribution in [0.1, 0.15) is 17.3 Å². The molecular formula is C23H22FN7O2. The van der Waals surface area contributed by atoms with Gasteiger partial charge >= 0.3 is 0 Å². The molecule has 0 radical (unpaired) electrons. The summed E-state index contributed by atoms with van der Waals surface area (Å²) in [6.07, 6.45) is 1.45. The molecule has 168 valence electrons. The minimum atomic E-state index is -0.362. The topological polar surface area (TPSA) is 89.3 Å². The summed E-state index contributed by atoms with van der Waals surface area (Å²) in [4.78, 5) is 25.5.